The van der Waals surface area contributed by atoms with Crippen LogP contribution in [0.1, 0.15) is 27.2 Å². The molecule has 0 aromatic heterocycles. The largest absolute Gasteiger partial charge is 0.393 e. The number of Topliss-reactive ketones (excluding diaryl/α,β-unsaturated/α-hetero) is 1. The molecule has 0 heterocycles. The van der Waals surface area contributed by atoms with Gasteiger partial charge in [-0.05, 0) is 11.8 Å². The molecule has 1 aliphatic rings. The Morgan fingerprint density at radius 1 is 1.36 bits per heavy atom. The van der Waals surface area contributed by atoms with Crippen LogP contribution in [0.2, 0.25) is 0 Å². The minimum atomic E-state index is -0.289. The number of aliphatic hydroxyl groups excluding tert-OH is 1. The summed E-state index contributed by atoms with van der Waals surface area (Å²) in [6, 6.07) is 0. The summed E-state index contributed by atoms with van der Waals surface area (Å²) < 4.78 is 0. The summed E-state index contributed by atoms with van der Waals surface area (Å²) >= 11 is 0. The second kappa shape index (κ2) is 2.94. The average molecular weight is 156 g/mol. The normalized spacial score (nSPS) is 46.0. The molecule has 0 saturated heterocycles. The van der Waals surface area contributed by atoms with Crippen LogP contribution in [0.4, 0.5) is 0 Å². The molecular formula is C9H16O2. The van der Waals surface area contributed by atoms with Crippen LogP contribution in [0.25, 0.3) is 0 Å². The number of hydrogen-bond acceptors (Lipinski definition) is 2. The zero-order valence-corrected chi connectivity index (χ0v) is 7.37. The van der Waals surface area contributed by atoms with Crippen molar-refractivity contribution in [1.82, 2.24) is 0 Å². The van der Waals surface area contributed by atoms with E-state index < -0.39 is 0 Å². The van der Waals surface area contributed by atoms with Gasteiger partial charge in [-0.25, -0.2) is 0 Å². The van der Waals surface area contributed by atoms with Crippen LogP contribution in [0.3, 0.4) is 0 Å². The Balaban J connectivity index is 2.70. The summed E-state index contributed by atoms with van der Waals surface area (Å²) in [6.45, 7) is 5.79. The highest BCUT2D eigenvalue weighted by Crippen LogP contribution is 2.30. The molecule has 0 spiro atoms. The lowest BCUT2D eigenvalue weighted by Gasteiger charge is -2.34. The minimum absolute atomic E-state index is 0.0428. The summed E-state index contributed by atoms with van der Waals surface area (Å²) in [5.74, 6) is 0.622. The monoisotopic (exact) mass is 156 g/mol. The molecule has 0 radical (unpaired) electrons. The second-order valence-electron chi connectivity index (χ2n) is 3.79. The first kappa shape index (κ1) is 8.72. The minimum Gasteiger partial charge on any atom is -0.393 e. The smallest absolute Gasteiger partial charge is 0.136 e. The molecule has 4 unspecified atom stereocenters. The van der Waals surface area contributed by atoms with Gasteiger partial charge in [-0.2, -0.15) is 0 Å². The van der Waals surface area contributed by atoms with E-state index in [1.807, 2.05) is 20.8 Å². The molecule has 0 aliphatic heterocycles. The highest BCUT2D eigenvalue weighted by molar-refractivity contribution is 5.82. The Labute approximate surface area is 67.6 Å². The van der Waals surface area contributed by atoms with Crippen molar-refractivity contribution in [3.05, 3.63) is 0 Å². The van der Waals surface area contributed by atoms with Gasteiger partial charge in [-0.3, -0.25) is 4.79 Å². The van der Waals surface area contributed by atoms with Crippen molar-refractivity contribution >= 4 is 5.78 Å². The lowest BCUT2D eigenvalue weighted by molar-refractivity contribution is -0.132. The number of rotatable bonds is 0. The topological polar surface area (TPSA) is 37.3 Å². The van der Waals surface area contributed by atoms with E-state index in [1.165, 1.54) is 0 Å². The Kier molecular flexibility index (Phi) is 2.33. The molecule has 2 nitrogen and oxygen atoms in total. The summed E-state index contributed by atoms with van der Waals surface area (Å²) in [7, 11) is 0. The SMILES string of the molecule is CC1CC(=O)C(C)C(C)C1O. The maximum absolute atomic E-state index is 11.2. The number of hydrogen-bond donors (Lipinski definition) is 1. The molecule has 11 heavy (non-hydrogen) atoms. The molecule has 1 fully saturated rings. The fourth-order valence-electron chi connectivity index (χ4n) is 1.73. The molecule has 0 aromatic rings. The van der Waals surface area contributed by atoms with E-state index in [9.17, 15) is 9.90 Å². The van der Waals surface area contributed by atoms with E-state index in [-0.39, 0.29) is 23.9 Å². The molecule has 0 amide bonds. The van der Waals surface area contributed by atoms with E-state index in [4.69, 9.17) is 0 Å². The zero-order valence-electron chi connectivity index (χ0n) is 7.37. The van der Waals surface area contributed by atoms with Crippen molar-refractivity contribution < 1.29 is 9.90 Å². The lowest BCUT2D eigenvalue weighted by Crippen LogP contribution is -2.40. The van der Waals surface area contributed by atoms with E-state index in [1.54, 1.807) is 0 Å². The first-order valence-corrected chi connectivity index (χ1v) is 4.24. The fourth-order valence-corrected chi connectivity index (χ4v) is 1.73. The molecule has 0 bridgehead atoms. The Hall–Kier alpha value is -0.370. The second-order valence-corrected chi connectivity index (χ2v) is 3.79. The van der Waals surface area contributed by atoms with E-state index in [0.717, 1.165) is 0 Å². The van der Waals surface area contributed by atoms with Gasteiger partial charge in [0, 0.05) is 12.3 Å². The van der Waals surface area contributed by atoms with Crippen LogP contribution in [0, 0.1) is 17.8 Å². The Morgan fingerprint density at radius 3 is 2.45 bits per heavy atom. The predicted molar refractivity (Wildman–Crippen MR) is 43.1 cm³/mol. The van der Waals surface area contributed by atoms with Gasteiger partial charge in [0.05, 0.1) is 6.10 Å². The lowest BCUT2D eigenvalue weighted by atomic mass is 9.73. The molecular weight excluding hydrogens is 140 g/mol. The molecule has 2 heteroatoms. The molecule has 1 saturated carbocycles. The summed E-state index contributed by atoms with van der Waals surface area (Å²) in [5, 5.41) is 9.58. The number of aliphatic hydroxyl groups is 1. The molecule has 1 aliphatic carbocycles. The van der Waals surface area contributed by atoms with Crippen LogP contribution in [0.15, 0.2) is 0 Å². The maximum atomic E-state index is 11.2. The van der Waals surface area contributed by atoms with Crippen LogP contribution >= 0.6 is 0 Å². The highest BCUT2D eigenvalue weighted by Gasteiger charge is 2.35. The van der Waals surface area contributed by atoms with Crippen LogP contribution in [-0.4, -0.2) is 17.0 Å². The van der Waals surface area contributed by atoms with Gasteiger partial charge in [-0.1, -0.05) is 20.8 Å². The van der Waals surface area contributed by atoms with Crippen molar-refractivity contribution in [3.8, 4) is 0 Å². The Morgan fingerprint density at radius 2 is 1.91 bits per heavy atom. The standard InChI is InChI=1S/C9H16O2/c1-5-4-8(10)6(2)7(3)9(5)11/h5-7,9,11H,4H2,1-3H3. The maximum Gasteiger partial charge on any atom is 0.136 e. The van der Waals surface area contributed by atoms with Crippen molar-refractivity contribution in [2.75, 3.05) is 0 Å². The summed E-state index contributed by atoms with van der Waals surface area (Å²) in [5.41, 5.74) is 0. The van der Waals surface area contributed by atoms with Gasteiger partial charge in [0.1, 0.15) is 5.78 Å². The van der Waals surface area contributed by atoms with Gasteiger partial charge < -0.3 is 5.11 Å². The van der Waals surface area contributed by atoms with Crippen molar-refractivity contribution in [2.24, 2.45) is 17.8 Å². The molecule has 4 atom stereocenters. The van der Waals surface area contributed by atoms with Crippen LogP contribution in [-0.2, 0) is 4.79 Å². The number of carbonyl (C=O) groups excluding carboxylic acids is 1. The molecule has 1 rings (SSSR count). The van der Waals surface area contributed by atoms with Crippen LogP contribution < -0.4 is 0 Å². The van der Waals surface area contributed by atoms with Gasteiger partial charge >= 0.3 is 0 Å². The first-order valence-electron chi connectivity index (χ1n) is 4.24. The third-order valence-corrected chi connectivity index (χ3v) is 2.94. The average Bonchev–Trinajstić information content (AvgIpc) is 1.97. The molecule has 1 N–H and O–H groups in total. The third kappa shape index (κ3) is 1.45. The first-order chi connectivity index (χ1) is 5.04. The summed E-state index contributed by atoms with van der Waals surface area (Å²) in [6.07, 6.45) is 0.259. The van der Waals surface area contributed by atoms with Gasteiger partial charge in [0.2, 0.25) is 0 Å². The van der Waals surface area contributed by atoms with Crippen molar-refractivity contribution in [1.29, 1.82) is 0 Å². The highest BCUT2D eigenvalue weighted by atomic mass is 16.3. The quantitative estimate of drug-likeness (QED) is 0.572. The van der Waals surface area contributed by atoms with Gasteiger partial charge in [0.15, 0.2) is 0 Å². The van der Waals surface area contributed by atoms with E-state index in [0.29, 0.717) is 12.2 Å². The predicted octanol–water partition coefficient (Wildman–Crippen LogP) is 1.23. The molecule has 0 aromatic carbocycles. The fraction of sp³-hybridized carbons (Fsp3) is 0.889. The van der Waals surface area contributed by atoms with Crippen molar-refractivity contribution in [3.63, 3.8) is 0 Å². The van der Waals surface area contributed by atoms with E-state index >= 15 is 0 Å². The molecule has 64 valence electrons. The van der Waals surface area contributed by atoms with E-state index in [2.05, 4.69) is 0 Å². The zero-order chi connectivity index (χ0) is 8.59. The van der Waals surface area contributed by atoms with Crippen molar-refractivity contribution in [2.45, 2.75) is 33.3 Å². The number of ketones is 1. The van der Waals surface area contributed by atoms with Gasteiger partial charge in [0.25, 0.3) is 0 Å². The Bertz CT molecular complexity index is 165. The van der Waals surface area contributed by atoms with Gasteiger partial charge in [-0.15, -0.1) is 0 Å². The third-order valence-electron chi connectivity index (χ3n) is 2.94. The number of carbonyl (C=O) groups is 1. The summed E-state index contributed by atoms with van der Waals surface area (Å²) in [4.78, 5) is 11.2. The van der Waals surface area contributed by atoms with Crippen LogP contribution in [0.5, 0.6) is 0 Å².